The van der Waals surface area contributed by atoms with Crippen molar-refractivity contribution in [2.75, 3.05) is 13.2 Å². The molecule has 1 aliphatic carbocycles. The van der Waals surface area contributed by atoms with Crippen LogP contribution >= 0.6 is 0 Å². The maximum Gasteiger partial charge on any atom is 0.240 e. The Hall–Kier alpha value is -1.08. The molecule has 4 nitrogen and oxygen atoms in total. The molecule has 18 heavy (non-hydrogen) atoms. The molecule has 0 atom stereocenters. The highest BCUT2D eigenvalue weighted by atomic mass is 16.5. The highest BCUT2D eigenvalue weighted by Crippen LogP contribution is 2.44. The molecule has 1 amide bonds. The standard InChI is InChI=1S/C14H24N2O2/c1-11(2)18-7-5-4-6-16-13(17)14(10-15)8-12(3)9-14/h11-12H,4-9H2,1-3H3,(H,16,17). The summed E-state index contributed by atoms with van der Waals surface area (Å²) in [6, 6.07) is 2.18. The summed E-state index contributed by atoms with van der Waals surface area (Å²) < 4.78 is 5.42. The Morgan fingerprint density at radius 3 is 2.67 bits per heavy atom. The fourth-order valence-corrected chi connectivity index (χ4v) is 2.37. The van der Waals surface area contributed by atoms with Crippen molar-refractivity contribution in [2.24, 2.45) is 11.3 Å². The number of nitriles is 1. The van der Waals surface area contributed by atoms with Gasteiger partial charge in [-0.2, -0.15) is 5.26 Å². The van der Waals surface area contributed by atoms with Gasteiger partial charge in [-0.15, -0.1) is 0 Å². The van der Waals surface area contributed by atoms with E-state index in [2.05, 4.69) is 18.3 Å². The van der Waals surface area contributed by atoms with Gasteiger partial charge in [0.05, 0.1) is 12.2 Å². The quantitative estimate of drug-likeness (QED) is 0.707. The van der Waals surface area contributed by atoms with Gasteiger partial charge in [0.15, 0.2) is 0 Å². The normalized spacial score (nSPS) is 26.5. The van der Waals surface area contributed by atoms with Gasteiger partial charge in [-0.25, -0.2) is 0 Å². The van der Waals surface area contributed by atoms with Crippen LogP contribution in [0.4, 0.5) is 0 Å². The molecule has 0 aromatic rings. The monoisotopic (exact) mass is 252 g/mol. The van der Waals surface area contributed by atoms with Gasteiger partial charge < -0.3 is 10.1 Å². The lowest BCUT2D eigenvalue weighted by atomic mass is 9.63. The molecule has 1 rings (SSSR count). The van der Waals surface area contributed by atoms with Crippen molar-refractivity contribution >= 4 is 5.91 Å². The second kappa shape index (κ2) is 6.75. The third kappa shape index (κ3) is 3.99. The number of carbonyl (C=O) groups is 1. The number of ether oxygens (including phenoxy) is 1. The van der Waals surface area contributed by atoms with E-state index in [9.17, 15) is 4.79 Å². The minimum Gasteiger partial charge on any atom is -0.379 e. The summed E-state index contributed by atoms with van der Waals surface area (Å²) in [6.45, 7) is 7.46. The smallest absolute Gasteiger partial charge is 0.240 e. The van der Waals surface area contributed by atoms with E-state index in [1.807, 2.05) is 13.8 Å². The summed E-state index contributed by atoms with van der Waals surface area (Å²) in [5, 5.41) is 12.0. The first-order valence-corrected chi connectivity index (χ1v) is 6.81. The van der Waals surface area contributed by atoms with Crippen LogP contribution in [0.1, 0.15) is 46.5 Å². The van der Waals surface area contributed by atoms with Crippen molar-refractivity contribution in [1.82, 2.24) is 5.32 Å². The number of nitrogens with one attached hydrogen (secondary N) is 1. The molecule has 0 spiro atoms. The number of hydrogen-bond acceptors (Lipinski definition) is 3. The molecule has 0 heterocycles. The summed E-state index contributed by atoms with van der Waals surface area (Å²) >= 11 is 0. The Morgan fingerprint density at radius 1 is 1.50 bits per heavy atom. The van der Waals surface area contributed by atoms with E-state index in [4.69, 9.17) is 10.00 Å². The molecule has 0 aliphatic heterocycles. The van der Waals surface area contributed by atoms with E-state index < -0.39 is 5.41 Å². The average molecular weight is 252 g/mol. The van der Waals surface area contributed by atoms with Gasteiger partial charge >= 0.3 is 0 Å². The molecule has 1 saturated carbocycles. The van der Waals surface area contributed by atoms with Gasteiger partial charge in [0.25, 0.3) is 0 Å². The summed E-state index contributed by atoms with van der Waals surface area (Å²) in [7, 11) is 0. The van der Waals surface area contributed by atoms with Crippen molar-refractivity contribution in [2.45, 2.75) is 52.6 Å². The van der Waals surface area contributed by atoms with E-state index >= 15 is 0 Å². The van der Waals surface area contributed by atoms with Gasteiger partial charge in [-0.05, 0) is 45.4 Å². The summed E-state index contributed by atoms with van der Waals surface area (Å²) in [5.41, 5.74) is -0.742. The number of unbranched alkanes of at least 4 members (excludes halogenated alkanes) is 1. The van der Waals surface area contributed by atoms with Crippen molar-refractivity contribution in [3.05, 3.63) is 0 Å². The zero-order chi connectivity index (χ0) is 13.6. The van der Waals surface area contributed by atoms with Gasteiger partial charge in [0.2, 0.25) is 5.91 Å². The lowest BCUT2D eigenvalue weighted by molar-refractivity contribution is -0.133. The Kier molecular flexibility index (Phi) is 5.61. The van der Waals surface area contributed by atoms with Crippen LogP contribution in [0.25, 0.3) is 0 Å². The highest BCUT2D eigenvalue weighted by Gasteiger charge is 2.48. The molecule has 0 unspecified atom stereocenters. The third-order valence-electron chi connectivity index (χ3n) is 3.35. The van der Waals surface area contributed by atoms with Crippen molar-refractivity contribution in [3.8, 4) is 6.07 Å². The minimum atomic E-state index is -0.742. The first-order valence-electron chi connectivity index (χ1n) is 6.81. The number of nitrogens with zero attached hydrogens (tertiary/aromatic N) is 1. The topological polar surface area (TPSA) is 62.1 Å². The zero-order valence-corrected chi connectivity index (χ0v) is 11.7. The predicted octanol–water partition coefficient (Wildman–Crippen LogP) is 2.25. The SMILES string of the molecule is CC1CC(C#N)(C(=O)NCCCCOC(C)C)C1. The second-order valence-electron chi connectivity index (χ2n) is 5.59. The highest BCUT2D eigenvalue weighted by molar-refractivity contribution is 5.86. The summed E-state index contributed by atoms with van der Waals surface area (Å²) in [4.78, 5) is 11.9. The van der Waals surface area contributed by atoms with Crippen LogP contribution in [0.3, 0.4) is 0 Å². The van der Waals surface area contributed by atoms with E-state index in [-0.39, 0.29) is 12.0 Å². The Bertz CT molecular complexity index is 314. The molecule has 4 heteroatoms. The Labute approximate surface area is 110 Å². The average Bonchev–Trinajstić information content (AvgIpc) is 2.28. The fraction of sp³-hybridized carbons (Fsp3) is 0.857. The summed E-state index contributed by atoms with van der Waals surface area (Å²) in [5.74, 6) is 0.405. The Balaban J connectivity index is 2.12. The van der Waals surface area contributed by atoms with Crippen LogP contribution in [-0.2, 0) is 9.53 Å². The van der Waals surface area contributed by atoms with Crippen LogP contribution in [-0.4, -0.2) is 25.2 Å². The molecule has 1 N–H and O–H groups in total. The number of rotatable bonds is 7. The lowest BCUT2D eigenvalue weighted by Crippen LogP contribution is -2.48. The van der Waals surface area contributed by atoms with Crippen LogP contribution in [0, 0.1) is 22.7 Å². The van der Waals surface area contributed by atoms with Crippen LogP contribution in [0.2, 0.25) is 0 Å². The largest absolute Gasteiger partial charge is 0.379 e. The zero-order valence-electron chi connectivity index (χ0n) is 11.7. The van der Waals surface area contributed by atoms with Gasteiger partial charge in [-0.3, -0.25) is 4.79 Å². The van der Waals surface area contributed by atoms with E-state index in [1.165, 1.54) is 0 Å². The van der Waals surface area contributed by atoms with E-state index in [0.29, 0.717) is 25.3 Å². The first kappa shape index (κ1) is 15.0. The molecular formula is C14H24N2O2. The number of amides is 1. The van der Waals surface area contributed by atoms with Crippen molar-refractivity contribution in [3.63, 3.8) is 0 Å². The van der Waals surface area contributed by atoms with Crippen LogP contribution < -0.4 is 5.32 Å². The molecule has 0 radical (unpaired) electrons. The van der Waals surface area contributed by atoms with Crippen molar-refractivity contribution in [1.29, 1.82) is 5.26 Å². The lowest BCUT2D eigenvalue weighted by Gasteiger charge is -2.39. The summed E-state index contributed by atoms with van der Waals surface area (Å²) in [6.07, 6.45) is 3.50. The molecular weight excluding hydrogens is 228 g/mol. The fourth-order valence-electron chi connectivity index (χ4n) is 2.37. The predicted molar refractivity (Wildman–Crippen MR) is 69.8 cm³/mol. The van der Waals surface area contributed by atoms with Crippen LogP contribution in [0.15, 0.2) is 0 Å². The first-order chi connectivity index (χ1) is 8.50. The van der Waals surface area contributed by atoms with Crippen molar-refractivity contribution < 1.29 is 9.53 Å². The number of carbonyl (C=O) groups excluding carboxylic acids is 1. The van der Waals surface area contributed by atoms with E-state index in [1.54, 1.807) is 0 Å². The molecule has 0 aromatic heterocycles. The van der Waals surface area contributed by atoms with Gasteiger partial charge in [-0.1, -0.05) is 6.92 Å². The molecule has 0 bridgehead atoms. The molecule has 1 fully saturated rings. The minimum absolute atomic E-state index is 0.0899. The maximum absolute atomic E-state index is 11.9. The third-order valence-corrected chi connectivity index (χ3v) is 3.35. The Morgan fingerprint density at radius 2 is 2.17 bits per heavy atom. The molecule has 1 aliphatic rings. The molecule has 0 saturated heterocycles. The maximum atomic E-state index is 11.9. The second-order valence-corrected chi connectivity index (χ2v) is 5.59. The molecule has 102 valence electrons. The van der Waals surface area contributed by atoms with Crippen LogP contribution in [0.5, 0.6) is 0 Å². The van der Waals surface area contributed by atoms with Gasteiger partial charge in [0.1, 0.15) is 5.41 Å². The van der Waals surface area contributed by atoms with E-state index in [0.717, 1.165) is 19.4 Å². The molecule has 0 aromatic carbocycles. The number of hydrogen-bond donors (Lipinski definition) is 1. The van der Waals surface area contributed by atoms with Gasteiger partial charge in [0, 0.05) is 13.2 Å².